The van der Waals surface area contributed by atoms with Gasteiger partial charge in [-0.05, 0) is 42.8 Å². The van der Waals surface area contributed by atoms with Gasteiger partial charge in [0.05, 0.1) is 12.5 Å². The van der Waals surface area contributed by atoms with Crippen LogP contribution in [0, 0.1) is 0 Å². The van der Waals surface area contributed by atoms with E-state index >= 15 is 0 Å². The highest BCUT2D eigenvalue weighted by molar-refractivity contribution is 5.95. The number of rotatable bonds is 9. The van der Waals surface area contributed by atoms with E-state index in [0.29, 0.717) is 19.4 Å². The van der Waals surface area contributed by atoms with Crippen molar-refractivity contribution in [3.05, 3.63) is 65.7 Å². The Morgan fingerprint density at radius 3 is 2.34 bits per heavy atom. The lowest BCUT2D eigenvalue weighted by Crippen LogP contribution is -2.38. The summed E-state index contributed by atoms with van der Waals surface area (Å²) in [6, 6.07) is 18.3. The van der Waals surface area contributed by atoms with Crippen LogP contribution in [0.1, 0.15) is 43.9 Å². The Hall–Kier alpha value is -2.66. The standard InChI is InChI=1S/C24H31N3O2/c1-3-26(4-2)22(20-9-6-5-7-10-20)18-25-23(28)17-19-12-14-21(15-13-19)27-16-8-11-24(27)29/h5-7,9-10,12-15,22H,3-4,8,11,16-18H2,1-2H3,(H,25,28)/t22-/m1/s1. The van der Waals surface area contributed by atoms with Crippen LogP contribution in [-0.4, -0.2) is 42.9 Å². The second kappa shape index (κ2) is 10.2. The Balaban J connectivity index is 1.58. The van der Waals surface area contributed by atoms with Gasteiger partial charge in [0.25, 0.3) is 0 Å². The van der Waals surface area contributed by atoms with Crippen LogP contribution in [0.4, 0.5) is 5.69 Å². The summed E-state index contributed by atoms with van der Waals surface area (Å²) in [5.74, 6) is 0.196. The molecular weight excluding hydrogens is 362 g/mol. The summed E-state index contributed by atoms with van der Waals surface area (Å²) < 4.78 is 0. The number of nitrogens with one attached hydrogen (secondary N) is 1. The van der Waals surface area contributed by atoms with Gasteiger partial charge in [0, 0.05) is 25.2 Å². The number of anilines is 1. The van der Waals surface area contributed by atoms with Gasteiger partial charge in [-0.25, -0.2) is 0 Å². The van der Waals surface area contributed by atoms with Gasteiger partial charge < -0.3 is 10.2 Å². The number of hydrogen-bond acceptors (Lipinski definition) is 3. The molecule has 3 rings (SSSR count). The predicted octanol–water partition coefficient (Wildman–Crippen LogP) is 3.56. The van der Waals surface area contributed by atoms with Crippen molar-refractivity contribution in [1.82, 2.24) is 10.2 Å². The van der Waals surface area contributed by atoms with Gasteiger partial charge in [0.1, 0.15) is 0 Å². The molecule has 1 fully saturated rings. The van der Waals surface area contributed by atoms with Crippen molar-refractivity contribution in [3.8, 4) is 0 Å². The summed E-state index contributed by atoms with van der Waals surface area (Å²) in [5.41, 5.74) is 3.09. The zero-order valence-corrected chi connectivity index (χ0v) is 17.4. The number of carbonyl (C=O) groups is 2. The van der Waals surface area contributed by atoms with Gasteiger partial charge in [-0.15, -0.1) is 0 Å². The van der Waals surface area contributed by atoms with E-state index < -0.39 is 0 Å². The summed E-state index contributed by atoms with van der Waals surface area (Å²) in [5, 5.41) is 3.11. The Bertz CT molecular complexity index is 801. The van der Waals surface area contributed by atoms with Gasteiger partial charge in [-0.1, -0.05) is 56.3 Å². The van der Waals surface area contributed by atoms with E-state index in [1.165, 1.54) is 5.56 Å². The van der Waals surface area contributed by atoms with Crippen LogP contribution >= 0.6 is 0 Å². The lowest BCUT2D eigenvalue weighted by Gasteiger charge is -2.30. The molecule has 29 heavy (non-hydrogen) atoms. The fourth-order valence-electron chi connectivity index (χ4n) is 3.97. The molecule has 1 aliphatic rings. The van der Waals surface area contributed by atoms with E-state index in [1.54, 1.807) is 0 Å². The summed E-state index contributed by atoms with van der Waals surface area (Å²) in [6.45, 7) is 7.53. The van der Waals surface area contributed by atoms with E-state index in [2.05, 4.69) is 36.2 Å². The van der Waals surface area contributed by atoms with Crippen molar-refractivity contribution < 1.29 is 9.59 Å². The molecule has 5 nitrogen and oxygen atoms in total. The van der Waals surface area contributed by atoms with E-state index in [0.717, 1.165) is 37.3 Å². The van der Waals surface area contributed by atoms with Crippen LogP contribution in [0.2, 0.25) is 0 Å². The van der Waals surface area contributed by atoms with Gasteiger partial charge in [-0.2, -0.15) is 0 Å². The Morgan fingerprint density at radius 2 is 1.76 bits per heavy atom. The van der Waals surface area contributed by atoms with Crippen LogP contribution < -0.4 is 10.2 Å². The van der Waals surface area contributed by atoms with Crippen LogP contribution in [0.3, 0.4) is 0 Å². The maximum Gasteiger partial charge on any atom is 0.227 e. The molecule has 0 radical (unpaired) electrons. The quantitative estimate of drug-likeness (QED) is 0.709. The number of likely N-dealkylation sites (N-methyl/N-ethyl adjacent to an activating group) is 1. The first-order valence-electron chi connectivity index (χ1n) is 10.6. The minimum absolute atomic E-state index is 0.0167. The van der Waals surface area contributed by atoms with Crippen LogP contribution in [0.15, 0.2) is 54.6 Å². The van der Waals surface area contributed by atoms with Crippen molar-refractivity contribution in [2.75, 3.05) is 31.1 Å². The van der Waals surface area contributed by atoms with Crippen molar-refractivity contribution in [1.29, 1.82) is 0 Å². The van der Waals surface area contributed by atoms with Crippen molar-refractivity contribution in [2.45, 2.75) is 39.2 Å². The topological polar surface area (TPSA) is 52.7 Å². The minimum Gasteiger partial charge on any atom is -0.354 e. The first-order valence-corrected chi connectivity index (χ1v) is 10.6. The number of nitrogens with zero attached hydrogens (tertiary/aromatic N) is 2. The molecule has 0 bridgehead atoms. The second-order valence-corrected chi connectivity index (χ2v) is 7.44. The first-order chi connectivity index (χ1) is 14.1. The molecule has 1 N–H and O–H groups in total. The summed E-state index contributed by atoms with van der Waals surface area (Å²) in [6.07, 6.45) is 1.88. The molecule has 1 saturated heterocycles. The SMILES string of the molecule is CCN(CC)[C@H](CNC(=O)Cc1ccc(N2CCCC2=O)cc1)c1ccccc1. The summed E-state index contributed by atoms with van der Waals surface area (Å²) in [7, 11) is 0. The molecule has 2 aromatic rings. The normalized spacial score (nSPS) is 15.0. The third-order valence-corrected chi connectivity index (χ3v) is 5.62. The fraction of sp³-hybridized carbons (Fsp3) is 0.417. The monoisotopic (exact) mass is 393 g/mol. The predicted molar refractivity (Wildman–Crippen MR) is 117 cm³/mol. The van der Waals surface area contributed by atoms with Crippen molar-refractivity contribution >= 4 is 17.5 Å². The maximum absolute atomic E-state index is 12.5. The molecule has 1 heterocycles. The third kappa shape index (κ3) is 5.45. The van der Waals surface area contributed by atoms with Crippen LogP contribution in [0.5, 0.6) is 0 Å². The zero-order valence-electron chi connectivity index (χ0n) is 17.4. The van der Waals surface area contributed by atoms with Gasteiger partial charge >= 0.3 is 0 Å². The highest BCUT2D eigenvalue weighted by Gasteiger charge is 2.22. The Morgan fingerprint density at radius 1 is 1.07 bits per heavy atom. The fourth-order valence-corrected chi connectivity index (χ4v) is 3.97. The van der Waals surface area contributed by atoms with E-state index in [4.69, 9.17) is 0 Å². The van der Waals surface area contributed by atoms with Gasteiger partial charge in [-0.3, -0.25) is 14.5 Å². The lowest BCUT2D eigenvalue weighted by atomic mass is 10.0. The molecule has 0 aromatic heterocycles. The molecule has 154 valence electrons. The first kappa shape index (κ1) is 21.1. The van der Waals surface area contributed by atoms with E-state index in [-0.39, 0.29) is 17.9 Å². The smallest absolute Gasteiger partial charge is 0.227 e. The average Bonchev–Trinajstić information content (AvgIpc) is 3.18. The second-order valence-electron chi connectivity index (χ2n) is 7.44. The molecule has 2 aromatic carbocycles. The molecule has 0 aliphatic carbocycles. The maximum atomic E-state index is 12.5. The Kier molecular flexibility index (Phi) is 7.42. The number of carbonyl (C=O) groups excluding carboxylic acids is 2. The molecule has 0 unspecified atom stereocenters. The van der Waals surface area contributed by atoms with Crippen LogP contribution in [0.25, 0.3) is 0 Å². The molecular formula is C24H31N3O2. The average molecular weight is 394 g/mol. The van der Waals surface area contributed by atoms with Gasteiger partial charge in [0.15, 0.2) is 0 Å². The number of amides is 2. The van der Waals surface area contributed by atoms with E-state index in [1.807, 2.05) is 47.4 Å². The minimum atomic E-state index is 0.0167. The molecule has 1 atom stereocenters. The lowest BCUT2D eigenvalue weighted by molar-refractivity contribution is -0.120. The Labute approximate surface area is 173 Å². The molecule has 0 spiro atoms. The highest BCUT2D eigenvalue weighted by atomic mass is 16.2. The molecule has 1 aliphatic heterocycles. The molecule has 5 heteroatoms. The third-order valence-electron chi connectivity index (χ3n) is 5.62. The summed E-state index contributed by atoms with van der Waals surface area (Å²) in [4.78, 5) is 28.6. The largest absolute Gasteiger partial charge is 0.354 e. The van der Waals surface area contributed by atoms with E-state index in [9.17, 15) is 9.59 Å². The molecule has 2 amide bonds. The van der Waals surface area contributed by atoms with Gasteiger partial charge in [0.2, 0.25) is 11.8 Å². The van der Waals surface area contributed by atoms with Crippen LogP contribution in [-0.2, 0) is 16.0 Å². The molecule has 0 saturated carbocycles. The van der Waals surface area contributed by atoms with Crippen molar-refractivity contribution in [3.63, 3.8) is 0 Å². The number of benzene rings is 2. The number of hydrogen-bond donors (Lipinski definition) is 1. The highest BCUT2D eigenvalue weighted by Crippen LogP contribution is 2.22. The zero-order chi connectivity index (χ0) is 20.6. The van der Waals surface area contributed by atoms with Crippen molar-refractivity contribution in [2.24, 2.45) is 0 Å². The summed E-state index contributed by atoms with van der Waals surface area (Å²) >= 11 is 0.